The van der Waals surface area contributed by atoms with Gasteiger partial charge in [-0.15, -0.1) is 0 Å². The highest BCUT2D eigenvalue weighted by molar-refractivity contribution is 5.92. The molecule has 1 amide bonds. The lowest BCUT2D eigenvalue weighted by Crippen LogP contribution is -2.34. The number of pyridine rings is 1. The maximum absolute atomic E-state index is 12.9. The Hall–Kier alpha value is -2.14. The number of carbonyl (C=O) groups is 1. The van der Waals surface area contributed by atoms with Crippen molar-refractivity contribution >= 4 is 11.7 Å². The van der Waals surface area contributed by atoms with Crippen LogP contribution in [0, 0.1) is 5.92 Å². The minimum atomic E-state index is 0.0897. The molecular formula is C19H24N2O3. The van der Waals surface area contributed by atoms with Crippen molar-refractivity contribution in [3.63, 3.8) is 0 Å². The van der Waals surface area contributed by atoms with E-state index in [1.165, 1.54) is 0 Å². The minimum absolute atomic E-state index is 0.0897. The maximum Gasteiger partial charge on any atom is 0.228 e. The van der Waals surface area contributed by atoms with Crippen molar-refractivity contribution in [3.8, 4) is 0 Å². The summed E-state index contributed by atoms with van der Waals surface area (Å²) in [6.07, 6.45) is 8.40. The average molecular weight is 328 g/mol. The van der Waals surface area contributed by atoms with Gasteiger partial charge in [-0.1, -0.05) is 12.5 Å². The largest absolute Gasteiger partial charge is 0.467 e. The summed E-state index contributed by atoms with van der Waals surface area (Å²) in [5.41, 5.74) is 0. The summed E-state index contributed by atoms with van der Waals surface area (Å²) in [6.45, 7) is 0.406. The van der Waals surface area contributed by atoms with Gasteiger partial charge in [0.2, 0.25) is 5.91 Å². The molecule has 2 aromatic rings. The lowest BCUT2D eigenvalue weighted by molar-refractivity contribution is -0.120. The molecule has 1 aliphatic rings. The van der Waals surface area contributed by atoms with Crippen molar-refractivity contribution in [2.75, 3.05) is 12.0 Å². The Bertz CT molecular complexity index is 627. The number of carbonyl (C=O) groups excluding carboxylic acids is 1. The van der Waals surface area contributed by atoms with Gasteiger partial charge in [0.1, 0.15) is 11.6 Å². The first-order valence-corrected chi connectivity index (χ1v) is 8.53. The summed E-state index contributed by atoms with van der Waals surface area (Å²) in [5.74, 6) is 1.89. The zero-order valence-corrected chi connectivity index (χ0v) is 14.1. The van der Waals surface area contributed by atoms with Gasteiger partial charge < -0.3 is 9.15 Å². The summed E-state index contributed by atoms with van der Waals surface area (Å²) in [7, 11) is 1.76. The highest BCUT2D eigenvalue weighted by Crippen LogP contribution is 2.29. The summed E-state index contributed by atoms with van der Waals surface area (Å²) in [4.78, 5) is 19.0. The molecule has 2 atom stereocenters. The van der Waals surface area contributed by atoms with Crippen molar-refractivity contribution in [2.45, 2.75) is 44.8 Å². The lowest BCUT2D eigenvalue weighted by atomic mass is 9.84. The molecule has 5 heteroatoms. The second-order valence-corrected chi connectivity index (χ2v) is 6.34. The molecule has 0 bridgehead atoms. The van der Waals surface area contributed by atoms with Crippen LogP contribution in [-0.4, -0.2) is 24.1 Å². The standard InChI is InChI=1S/C19H24N2O3/c1-23-16-7-4-6-15(12-16)13-19(22)21(14-17-8-5-11-24-17)18-9-2-3-10-20-18/h2-3,5,8-11,15-16H,4,6-7,12-14H2,1H3/t15-,16-/m0/s1. The molecule has 0 spiro atoms. The fourth-order valence-corrected chi connectivity index (χ4v) is 3.37. The van der Waals surface area contributed by atoms with Gasteiger partial charge in [-0.25, -0.2) is 4.98 Å². The monoisotopic (exact) mass is 328 g/mol. The van der Waals surface area contributed by atoms with Crippen LogP contribution in [0.3, 0.4) is 0 Å². The van der Waals surface area contributed by atoms with E-state index in [-0.39, 0.29) is 12.0 Å². The second kappa shape index (κ2) is 8.11. The van der Waals surface area contributed by atoms with Gasteiger partial charge in [-0.05, 0) is 49.4 Å². The Balaban J connectivity index is 1.71. The molecule has 24 heavy (non-hydrogen) atoms. The van der Waals surface area contributed by atoms with Crippen molar-refractivity contribution in [1.29, 1.82) is 0 Å². The zero-order valence-electron chi connectivity index (χ0n) is 14.1. The molecule has 128 valence electrons. The third-order valence-electron chi connectivity index (χ3n) is 4.65. The van der Waals surface area contributed by atoms with Gasteiger partial charge in [-0.3, -0.25) is 9.69 Å². The van der Waals surface area contributed by atoms with E-state index in [1.807, 2.05) is 30.3 Å². The van der Waals surface area contributed by atoms with Gasteiger partial charge in [0.05, 0.1) is 18.9 Å². The fraction of sp³-hybridized carbons (Fsp3) is 0.474. The predicted octanol–water partition coefficient (Wildman–Crippen LogP) is 3.80. The first kappa shape index (κ1) is 16.7. The van der Waals surface area contributed by atoms with E-state index in [9.17, 15) is 4.79 Å². The molecular weight excluding hydrogens is 304 g/mol. The molecule has 0 radical (unpaired) electrons. The molecule has 0 saturated heterocycles. The molecule has 1 fully saturated rings. The zero-order chi connectivity index (χ0) is 16.8. The molecule has 1 aliphatic carbocycles. The van der Waals surface area contributed by atoms with E-state index in [1.54, 1.807) is 24.5 Å². The summed E-state index contributed by atoms with van der Waals surface area (Å²) in [5, 5.41) is 0. The number of ether oxygens (including phenoxy) is 1. The molecule has 1 saturated carbocycles. The molecule has 5 nitrogen and oxygen atoms in total. The minimum Gasteiger partial charge on any atom is -0.467 e. The smallest absolute Gasteiger partial charge is 0.228 e. The van der Waals surface area contributed by atoms with Crippen molar-refractivity contribution in [1.82, 2.24) is 4.98 Å². The van der Waals surface area contributed by atoms with E-state index in [0.29, 0.717) is 24.7 Å². The number of amides is 1. The van der Waals surface area contributed by atoms with E-state index < -0.39 is 0 Å². The average Bonchev–Trinajstić information content (AvgIpc) is 3.14. The van der Waals surface area contributed by atoms with E-state index in [0.717, 1.165) is 31.4 Å². The van der Waals surface area contributed by atoms with Gasteiger partial charge in [0.25, 0.3) is 0 Å². The van der Waals surface area contributed by atoms with Crippen LogP contribution in [0.25, 0.3) is 0 Å². The van der Waals surface area contributed by atoms with E-state index in [2.05, 4.69) is 4.98 Å². The van der Waals surface area contributed by atoms with E-state index in [4.69, 9.17) is 9.15 Å². The molecule has 0 N–H and O–H groups in total. The Labute approximate surface area is 142 Å². The Morgan fingerprint density at radius 2 is 2.25 bits per heavy atom. The summed E-state index contributed by atoms with van der Waals surface area (Å²) < 4.78 is 10.9. The van der Waals surface area contributed by atoms with Crippen LogP contribution in [0.15, 0.2) is 47.2 Å². The van der Waals surface area contributed by atoms with Crippen molar-refractivity contribution < 1.29 is 13.9 Å². The van der Waals surface area contributed by atoms with Crippen LogP contribution in [0.1, 0.15) is 37.9 Å². The number of hydrogen-bond acceptors (Lipinski definition) is 4. The SMILES string of the molecule is CO[C@H]1CCC[C@H](CC(=O)N(Cc2ccco2)c2ccccn2)C1. The van der Waals surface area contributed by atoms with Gasteiger partial charge in [-0.2, -0.15) is 0 Å². The highest BCUT2D eigenvalue weighted by Gasteiger charge is 2.27. The van der Waals surface area contributed by atoms with Crippen molar-refractivity contribution in [3.05, 3.63) is 48.6 Å². The summed E-state index contributed by atoms with van der Waals surface area (Å²) in [6, 6.07) is 9.32. The normalized spacial score (nSPS) is 20.7. The maximum atomic E-state index is 12.9. The molecule has 2 aromatic heterocycles. The Morgan fingerprint density at radius 1 is 1.33 bits per heavy atom. The van der Waals surface area contributed by atoms with Crippen LogP contribution in [0.5, 0.6) is 0 Å². The number of furan rings is 1. The van der Waals surface area contributed by atoms with Crippen LogP contribution in [-0.2, 0) is 16.1 Å². The second-order valence-electron chi connectivity index (χ2n) is 6.34. The van der Waals surface area contributed by atoms with E-state index >= 15 is 0 Å². The molecule has 0 aromatic carbocycles. The first-order valence-electron chi connectivity index (χ1n) is 8.53. The van der Waals surface area contributed by atoms with Crippen LogP contribution in [0.2, 0.25) is 0 Å². The number of nitrogens with zero attached hydrogens (tertiary/aromatic N) is 2. The number of aromatic nitrogens is 1. The number of rotatable bonds is 6. The van der Waals surface area contributed by atoms with Gasteiger partial charge >= 0.3 is 0 Å². The number of hydrogen-bond donors (Lipinski definition) is 0. The van der Waals surface area contributed by atoms with Crippen LogP contribution in [0.4, 0.5) is 5.82 Å². The lowest BCUT2D eigenvalue weighted by Gasteiger charge is -2.29. The molecule has 2 heterocycles. The third kappa shape index (κ3) is 4.23. The van der Waals surface area contributed by atoms with Crippen molar-refractivity contribution in [2.24, 2.45) is 5.92 Å². The van der Waals surface area contributed by atoms with Crippen LogP contribution < -0.4 is 4.90 Å². The number of methoxy groups -OCH3 is 1. The molecule has 3 rings (SSSR count). The number of anilines is 1. The Kier molecular flexibility index (Phi) is 5.64. The Morgan fingerprint density at radius 3 is 2.96 bits per heavy atom. The van der Waals surface area contributed by atoms with Gasteiger partial charge in [0.15, 0.2) is 0 Å². The first-order chi connectivity index (χ1) is 11.8. The van der Waals surface area contributed by atoms with Gasteiger partial charge in [0, 0.05) is 19.7 Å². The summed E-state index contributed by atoms with van der Waals surface area (Å²) >= 11 is 0. The molecule has 0 unspecified atom stereocenters. The molecule has 0 aliphatic heterocycles. The van der Waals surface area contributed by atoms with Crippen LogP contribution >= 0.6 is 0 Å². The highest BCUT2D eigenvalue weighted by atomic mass is 16.5. The fourth-order valence-electron chi connectivity index (χ4n) is 3.37. The third-order valence-corrected chi connectivity index (χ3v) is 4.65. The predicted molar refractivity (Wildman–Crippen MR) is 91.5 cm³/mol. The quantitative estimate of drug-likeness (QED) is 0.809. The topological polar surface area (TPSA) is 55.6 Å².